The van der Waals surface area contributed by atoms with Gasteiger partial charge in [0.25, 0.3) is 0 Å². The number of benzene rings is 2. The van der Waals surface area contributed by atoms with Gasteiger partial charge >= 0.3 is 0 Å². The summed E-state index contributed by atoms with van der Waals surface area (Å²) in [5.74, 6) is -1.82. The highest BCUT2D eigenvalue weighted by molar-refractivity contribution is 7.89. The predicted octanol–water partition coefficient (Wildman–Crippen LogP) is 4.51. The lowest BCUT2D eigenvalue weighted by Crippen LogP contribution is -2.15. The SMILES string of the molecule is COc1ncc(-c2cc(OC3CCCC3)c3nc(N)nc(C)c3c2)cc1-c1c(F)ccc(S(N)(=O)=O)c1F. The third kappa shape index (κ3) is 4.72. The summed E-state index contributed by atoms with van der Waals surface area (Å²) in [6.07, 6.45) is 5.48. The quantitative estimate of drug-likeness (QED) is 0.363. The zero-order valence-corrected chi connectivity index (χ0v) is 21.5. The van der Waals surface area contributed by atoms with Gasteiger partial charge in [-0.25, -0.2) is 37.3 Å². The third-order valence-electron chi connectivity index (χ3n) is 6.58. The molecule has 2 aromatic heterocycles. The largest absolute Gasteiger partial charge is 0.488 e. The van der Waals surface area contributed by atoms with Crippen LogP contribution in [0.1, 0.15) is 31.4 Å². The van der Waals surface area contributed by atoms with Crippen LogP contribution in [0.25, 0.3) is 33.2 Å². The number of ether oxygens (including phenoxy) is 2. The number of nitrogens with zero attached hydrogens (tertiary/aromatic N) is 3. The molecule has 0 spiro atoms. The molecule has 2 heterocycles. The minimum absolute atomic E-state index is 0.0265. The first-order valence-electron chi connectivity index (χ1n) is 11.9. The second kappa shape index (κ2) is 9.76. The molecule has 5 rings (SSSR count). The molecule has 0 amide bonds. The van der Waals surface area contributed by atoms with Crippen LogP contribution < -0.4 is 20.3 Å². The topological polar surface area (TPSA) is 143 Å². The van der Waals surface area contributed by atoms with Gasteiger partial charge in [-0.3, -0.25) is 0 Å². The van der Waals surface area contributed by atoms with E-state index < -0.39 is 32.1 Å². The number of pyridine rings is 1. The Bertz CT molecular complexity index is 1670. The Kier molecular flexibility index (Phi) is 6.61. The number of sulfonamides is 1. The Morgan fingerprint density at radius 3 is 2.47 bits per heavy atom. The Balaban J connectivity index is 1.72. The van der Waals surface area contributed by atoms with Gasteiger partial charge in [0.15, 0.2) is 5.82 Å². The van der Waals surface area contributed by atoms with Gasteiger partial charge in [-0.05, 0) is 68.5 Å². The Hall–Kier alpha value is -3.90. The summed E-state index contributed by atoms with van der Waals surface area (Å²) in [6, 6.07) is 6.66. The summed E-state index contributed by atoms with van der Waals surface area (Å²) < 4.78 is 65.6. The van der Waals surface area contributed by atoms with E-state index in [1.165, 1.54) is 19.4 Å². The van der Waals surface area contributed by atoms with Gasteiger partial charge in [0.2, 0.25) is 21.9 Å². The first-order valence-corrected chi connectivity index (χ1v) is 13.4. The lowest BCUT2D eigenvalue weighted by molar-refractivity contribution is 0.212. The molecule has 0 atom stereocenters. The molecule has 1 fully saturated rings. The van der Waals surface area contributed by atoms with Crippen LogP contribution in [0.2, 0.25) is 0 Å². The zero-order valence-electron chi connectivity index (χ0n) is 20.7. The molecule has 0 aliphatic heterocycles. The molecular formula is C26H25F2N5O4S. The van der Waals surface area contributed by atoms with E-state index in [0.717, 1.165) is 37.8 Å². The minimum Gasteiger partial charge on any atom is -0.488 e. The molecule has 198 valence electrons. The second-order valence-corrected chi connectivity index (χ2v) is 10.7. The number of fused-ring (bicyclic) bond motifs is 1. The number of methoxy groups -OCH3 is 1. The third-order valence-corrected chi connectivity index (χ3v) is 7.51. The van der Waals surface area contributed by atoms with Crippen molar-refractivity contribution >= 4 is 26.9 Å². The van der Waals surface area contributed by atoms with Crippen LogP contribution in [0.15, 0.2) is 41.4 Å². The van der Waals surface area contributed by atoms with E-state index >= 15 is 4.39 Å². The highest BCUT2D eigenvalue weighted by atomic mass is 32.2. The molecule has 0 unspecified atom stereocenters. The molecule has 0 bridgehead atoms. The lowest BCUT2D eigenvalue weighted by Gasteiger charge is -2.18. The summed E-state index contributed by atoms with van der Waals surface area (Å²) in [6.45, 7) is 1.80. The van der Waals surface area contributed by atoms with Crippen LogP contribution >= 0.6 is 0 Å². The Morgan fingerprint density at radius 1 is 1.05 bits per heavy atom. The Labute approximate surface area is 217 Å². The summed E-state index contributed by atoms with van der Waals surface area (Å²) in [7, 11) is -3.16. The monoisotopic (exact) mass is 541 g/mol. The van der Waals surface area contributed by atoms with Crippen molar-refractivity contribution in [1.82, 2.24) is 15.0 Å². The van der Waals surface area contributed by atoms with E-state index in [-0.39, 0.29) is 23.5 Å². The van der Waals surface area contributed by atoms with Crippen molar-refractivity contribution in [2.75, 3.05) is 12.8 Å². The summed E-state index contributed by atoms with van der Waals surface area (Å²) in [5, 5.41) is 5.83. The van der Waals surface area contributed by atoms with Crippen LogP contribution in [-0.2, 0) is 10.0 Å². The molecule has 2 aromatic carbocycles. The van der Waals surface area contributed by atoms with Gasteiger partial charge in [-0.2, -0.15) is 0 Å². The molecule has 1 aliphatic rings. The number of primary sulfonamides is 1. The van der Waals surface area contributed by atoms with Crippen LogP contribution in [0.3, 0.4) is 0 Å². The van der Waals surface area contributed by atoms with Crippen molar-refractivity contribution in [2.24, 2.45) is 5.14 Å². The number of anilines is 1. The van der Waals surface area contributed by atoms with Crippen LogP contribution in [0.5, 0.6) is 11.6 Å². The summed E-state index contributed by atoms with van der Waals surface area (Å²) >= 11 is 0. The van der Waals surface area contributed by atoms with Crippen LogP contribution in [-0.4, -0.2) is 36.6 Å². The average molecular weight is 542 g/mol. The van der Waals surface area contributed by atoms with Gasteiger partial charge in [0.05, 0.1) is 30.0 Å². The standard InChI is InChI=1S/C26H25F2N5O4S/c1-13-17-9-14(11-20(24(17)33-26(29)32-13)37-16-5-3-4-6-16)15-10-18(25(36-2)31-12-15)22-19(27)7-8-21(23(22)28)38(30,34)35/h7-12,16H,3-6H2,1-2H3,(H2,29,32,33)(H2,30,34,35). The minimum atomic E-state index is -4.46. The maximum Gasteiger partial charge on any atom is 0.240 e. The molecule has 12 heteroatoms. The van der Waals surface area contributed by atoms with Crippen LogP contribution in [0.4, 0.5) is 14.7 Å². The average Bonchev–Trinajstić information content (AvgIpc) is 3.36. The van der Waals surface area contributed by atoms with Gasteiger partial charge in [0.1, 0.15) is 22.0 Å². The summed E-state index contributed by atoms with van der Waals surface area (Å²) in [5.41, 5.74) is 7.47. The number of hydrogen-bond donors (Lipinski definition) is 2. The number of halogens is 2. The van der Waals surface area contributed by atoms with E-state index in [0.29, 0.717) is 33.5 Å². The molecule has 4 aromatic rings. The molecular weight excluding hydrogens is 516 g/mol. The molecule has 1 saturated carbocycles. The number of aromatic nitrogens is 3. The molecule has 0 radical (unpaired) electrons. The fourth-order valence-electron chi connectivity index (χ4n) is 4.76. The fraction of sp³-hybridized carbons (Fsp3) is 0.269. The number of rotatable bonds is 6. The van der Waals surface area contributed by atoms with Gasteiger partial charge in [-0.15, -0.1) is 0 Å². The highest BCUT2D eigenvalue weighted by Gasteiger charge is 2.25. The molecule has 1 aliphatic carbocycles. The zero-order chi connectivity index (χ0) is 27.2. The molecule has 38 heavy (non-hydrogen) atoms. The van der Waals surface area contributed by atoms with Crippen molar-refractivity contribution in [1.29, 1.82) is 0 Å². The molecule has 4 N–H and O–H groups in total. The van der Waals surface area contributed by atoms with E-state index in [1.54, 1.807) is 13.0 Å². The maximum atomic E-state index is 15.3. The van der Waals surface area contributed by atoms with Crippen molar-refractivity contribution in [3.63, 3.8) is 0 Å². The van der Waals surface area contributed by atoms with E-state index in [4.69, 9.17) is 20.3 Å². The smallest absolute Gasteiger partial charge is 0.240 e. The lowest BCUT2D eigenvalue weighted by atomic mass is 9.98. The second-order valence-electron chi connectivity index (χ2n) is 9.12. The van der Waals surface area contributed by atoms with E-state index in [1.807, 2.05) is 6.07 Å². The van der Waals surface area contributed by atoms with E-state index in [9.17, 15) is 12.8 Å². The van der Waals surface area contributed by atoms with Gasteiger partial charge in [-0.1, -0.05) is 0 Å². The van der Waals surface area contributed by atoms with Gasteiger partial charge in [0, 0.05) is 17.1 Å². The van der Waals surface area contributed by atoms with Crippen molar-refractivity contribution in [2.45, 2.75) is 43.6 Å². The van der Waals surface area contributed by atoms with Crippen LogP contribution in [0, 0.1) is 18.6 Å². The van der Waals surface area contributed by atoms with Crippen molar-refractivity contribution in [3.05, 3.63) is 53.9 Å². The fourth-order valence-corrected chi connectivity index (χ4v) is 5.37. The first-order chi connectivity index (χ1) is 18.1. The highest BCUT2D eigenvalue weighted by Crippen LogP contribution is 2.40. The van der Waals surface area contributed by atoms with E-state index in [2.05, 4.69) is 15.0 Å². The predicted molar refractivity (Wildman–Crippen MR) is 138 cm³/mol. The molecule has 0 saturated heterocycles. The van der Waals surface area contributed by atoms with Gasteiger partial charge < -0.3 is 15.2 Å². The molecule has 9 nitrogen and oxygen atoms in total. The number of aryl methyl sites for hydroxylation is 1. The summed E-state index contributed by atoms with van der Waals surface area (Å²) in [4.78, 5) is 12.1. The number of nitrogens with two attached hydrogens (primary N) is 2. The first kappa shape index (κ1) is 25.7. The number of nitrogen functional groups attached to an aromatic ring is 1. The number of hydrogen-bond acceptors (Lipinski definition) is 8. The van der Waals surface area contributed by atoms with Crippen molar-refractivity contribution < 1.29 is 26.7 Å². The maximum absolute atomic E-state index is 15.3. The normalized spacial score (nSPS) is 14.2. The van der Waals surface area contributed by atoms with Crippen molar-refractivity contribution in [3.8, 4) is 33.9 Å². The Morgan fingerprint density at radius 2 is 1.79 bits per heavy atom.